The van der Waals surface area contributed by atoms with E-state index in [9.17, 15) is 9.59 Å². The van der Waals surface area contributed by atoms with E-state index in [1.807, 2.05) is 6.92 Å². The minimum Gasteiger partial charge on any atom is -0.469 e. The van der Waals surface area contributed by atoms with Crippen molar-refractivity contribution in [2.75, 3.05) is 20.0 Å². The van der Waals surface area contributed by atoms with Crippen molar-refractivity contribution in [1.82, 2.24) is 14.8 Å². The minimum absolute atomic E-state index is 0.00801. The van der Waals surface area contributed by atoms with Crippen molar-refractivity contribution in [1.29, 1.82) is 0 Å². The summed E-state index contributed by atoms with van der Waals surface area (Å²) in [6, 6.07) is 0. The highest BCUT2D eigenvalue weighted by atomic mass is 16.7. The van der Waals surface area contributed by atoms with Gasteiger partial charge in [-0.1, -0.05) is 5.16 Å². The zero-order valence-electron chi connectivity index (χ0n) is 14.7. The Balaban J connectivity index is 1.96. The molecule has 2 aromatic rings. The molecule has 1 atom stereocenters. The molecule has 138 valence electrons. The number of nitrogens with zero attached hydrogens (tertiary/aromatic N) is 4. The smallest absolute Gasteiger partial charge is 0.354 e. The quantitative estimate of drug-likeness (QED) is 0.767. The number of methoxy groups -OCH3 is 2. The Morgan fingerprint density at radius 2 is 2.12 bits per heavy atom. The van der Waals surface area contributed by atoms with Crippen LogP contribution in [0.25, 0.3) is 11.0 Å². The first-order valence-corrected chi connectivity index (χ1v) is 7.96. The number of pyridine rings is 1. The molecule has 0 saturated carbocycles. The number of ether oxygens (including phenoxy) is 2. The molecule has 10 heteroatoms. The van der Waals surface area contributed by atoms with E-state index in [0.29, 0.717) is 34.5 Å². The lowest BCUT2D eigenvalue weighted by Crippen LogP contribution is -2.42. The molecular formula is C16H19N5O5. The summed E-state index contributed by atoms with van der Waals surface area (Å²) in [5.41, 5.74) is 6.67. The van der Waals surface area contributed by atoms with Crippen LogP contribution in [0.1, 0.15) is 25.3 Å². The molecule has 1 aliphatic rings. The molecule has 10 nitrogen and oxygen atoms in total. The Labute approximate surface area is 148 Å². The number of hydrogen-bond donors (Lipinski definition) is 1. The first kappa shape index (κ1) is 17.6. The molecule has 26 heavy (non-hydrogen) atoms. The molecule has 0 bridgehead atoms. The van der Waals surface area contributed by atoms with Crippen LogP contribution in [0.3, 0.4) is 0 Å². The van der Waals surface area contributed by atoms with Gasteiger partial charge in [0.15, 0.2) is 5.65 Å². The zero-order chi connectivity index (χ0) is 18.9. The van der Waals surface area contributed by atoms with Gasteiger partial charge >= 0.3 is 11.9 Å². The summed E-state index contributed by atoms with van der Waals surface area (Å²) in [7, 11) is 2.44. The lowest BCUT2D eigenvalue weighted by Gasteiger charge is -2.22. The number of esters is 2. The molecule has 1 aliphatic heterocycles. The Kier molecular flexibility index (Phi) is 4.49. The predicted octanol–water partition coefficient (Wildman–Crippen LogP) is 0.633. The molecule has 0 fully saturated rings. The van der Waals surface area contributed by atoms with Gasteiger partial charge in [-0.25, -0.2) is 14.5 Å². The Hall–Kier alpha value is -3.17. The fourth-order valence-electron chi connectivity index (χ4n) is 2.90. The summed E-state index contributed by atoms with van der Waals surface area (Å²) >= 11 is 0. The number of aryl methyl sites for hydroxylation is 1. The second-order valence-corrected chi connectivity index (χ2v) is 5.83. The summed E-state index contributed by atoms with van der Waals surface area (Å²) in [6.45, 7) is 2.61. The van der Waals surface area contributed by atoms with Gasteiger partial charge in [0.25, 0.3) is 0 Å². The van der Waals surface area contributed by atoms with E-state index in [-0.39, 0.29) is 12.8 Å². The highest BCUT2D eigenvalue weighted by Crippen LogP contribution is 2.34. The van der Waals surface area contributed by atoms with Gasteiger partial charge in [-0.2, -0.15) is 5.10 Å². The van der Waals surface area contributed by atoms with Crippen LogP contribution in [0.15, 0.2) is 17.5 Å². The number of aromatic nitrogens is 3. The largest absolute Gasteiger partial charge is 0.469 e. The van der Waals surface area contributed by atoms with Gasteiger partial charge in [0, 0.05) is 24.7 Å². The molecule has 1 unspecified atom stereocenters. The van der Waals surface area contributed by atoms with Crippen LogP contribution < -0.4 is 5.73 Å². The lowest BCUT2D eigenvalue weighted by atomic mass is 9.91. The summed E-state index contributed by atoms with van der Waals surface area (Å²) in [6.07, 6.45) is 2.86. The molecular weight excluding hydrogens is 342 g/mol. The number of rotatable bonds is 5. The van der Waals surface area contributed by atoms with Gasteiger partial charge in [0.1, 0.15) is 0 Å². The number of anilines is 1. The summed E-state index contributed by atoms with van der Waals surface area (Å²) in [5.74, 6) is -1.33. The van der Waals surface area contributed by atoms with Crippen molar-refractivity contribution in [2.45, 2.75) is 31.9 Å². The summed E-state index contributed by atoms with van der Waals surface area (Å²) in [4.78, 5) is 33.6. The van der Waals surface area contributed by atoms with Crippen molar-refractivity contribution >= 4 is 34.4 Å². The predicted molar refractivity (Wildman–Crippen MR) is 91.2 cm³/mol. The number of hydrogen-bond acceptors (Lipinski definition) is 9. The van der Waals surface area contributed by atoms with E-state index in [1.165, 1.54) is 14.2 Å². The van der Waals surface area contributed by atoms with E-state index in [2.05, 4.69) is 20.0 Å². The van der Waals surface area contributed by atoms with Crippen LogP contribution in [-0.4, -0.2) is 52.2 Å². The molecule has 0 spiro atoms. The van der Waals surface area contributed by atoms with Gasteiger partial charge in [-0.3, -0.25) is 4.79 Å². The number of carbonyl (C=O) groups excluding carboxylic acids is 2. The average molecular weight is 361 g/mol. The maximum absolute atomic E-state index is 12.2. The van der Waals surface area contributed by atoms with E-state index < -0.39 is 17.5 Å². The maximum atomic E-state index is 12.2. The van der Waals surface area contributed by atoms with Crippen LogP contribution >= 0.6 is 0 Å². The third-order valence-corrected chi connectivity index (χ3v) is 4.32. The van der Waals surface area contributed by atoms with Gasteiger partial charge in [0.2, 0.25) is 5.60 Å². The van der Waals surface area contributed by atoms with Crippen LogP contribution in [0.4, 0.5) is 5.69 Å². The topological polar surface area (TPSA) is 131 Å². The van der Waals surface area contributed by atoms with E-state index >= 15 is 0 Å². The fourth-order valence-corrected chi connectivity index (χ4v) is 2.90. The molecule has 0 amide bonds. The fraction of sp³-hybridized carbons (Fsp3) is 0.438. The third-order valence-electron chi connectivity index (χ3n) is 4.32. The zero-order valence-corrected chi connectivity index (χ0v) is 14.7. The number of nitrogens with two attached hydrogens (primary N) is 1. The van der Waals surface area contributed by atoms with Crippen LogP contribution in [-0.2, 0) is 30.4 Å². The first-order chi connectivity index (χ1) is 12.5. The minimum atomic E-state index is -1.58. The van der Waals surface area contributed by atoms with Gasteiger partial charge in [-0.05, 0) is 6.92 Å². The Morgan fingerprint density at radius 3 is 2.77 bits per heavy atom. The van der Waals surface area contributed by atoms with Crippen LogP contribution in [0.2, 0.25) is 0 Å². The lowest BCUT2D eigenvalue weighted by molar-refractivity contribution is -0.173. The van der Waals surface area contributed by atoms with Gasteiger partial charge in [-0.15, -0.1) is 0 Å². The summed E-state index contributed by atoms with van der Waals surface area (Å²) in [5, 5.41) is 8.88. The second kappa shape index (κ2) is 6.62. The van der Waals surface area contributed by atoms with Crippen LogP contribution in [0.5, 0.6) is 0 Å². The molecule has 0 radical (unpaired) electrons. The SMILES string of the molecule is CCn1ncc2c(N)c(C3=NOC(CC(=O)OC)(C(=O)OC)C3)cnc21. The maximum Gasteiger partial charge on any atom is 0.354 e. The van der Waals surface area contributed by atoms with E-state index in [0.717, 1.165) is 0 Å². The van der Waals surface area contributed by atoms with Gasteiger partial charge < -0.3 is 20.0 Å². The monoisotopic (exact) mass is 361 g/mol. The molecule has 3 heterocycles. The van der Waals surface area contributed by atoms with Crippen molar-refractivity contribution in [3.8, 4) is 0 Å². The van der Waals surface area contributed by atoms with E-state index in [4.69, 9.17) is 15.3 Å². The number of fused-ring (bicyclic) bond motifs is 1. The Morgan fingerprint density at radius 1 is 1.35 bits per heavy atom. The first-order valence-electron chi connectivity index (χ1n) is 7.96. The molecule has 0 aromatic carbocycles. The number of carbonyl (C=O) groups is 2. The molecule has 2 aromatic heterocycles. The highest BCUT2D eigenvalue weighted by molar-refractivity contribution is 6.12. The molecule has 3 rings (SSSR count). The number of oxime groups is 1. The summed E-state index contributed by atoms with van der Waals surface area (Å²) < 4.78 is 11.1. The second-order valence-electron chi connectivity index (χ2n) is 5.83. The van der Waals surface area contributed by atoms with Crippen molar-refractivity contribution in [3.63, 3.8) is 0 Å². The van der Waals surface area contributed by atoms with E-state index in [1.54, 1.807) is 17.1 Å². The van der Waals surface area contributed by atoms with Crippen molar-refractivity contribution < 1.29 is 23.9 Å². The average Bonchev–Trinajstić information content (AvgIpc) is 3.26. The molecule has 2 N–H and O–H groups in total. The standard InChI is InChI=1S/C16H19N5O5/c1-4-21-14-10(8-19-21)13(17)9(7-18-14)11-5-16(26-20-11,15(23)25-3)6-12(22)24-2/h7-8H,4-6H2,1-3H3,(H2,17,18). The van der Waals surface area contributed by atoms with Gasteiger partial charge in [0.05, 0.1) is 43.6 Å². The van der Waals surface area contributed by atoms with Crippen LogP contribution in [0, 0.1) is 0 Å². The normalized spacial score (nSPS) is 19.1. The molecule has 0 aliphatic carbocycles. The van der Waals surface area contributed by atoms with Crippen molar-refractivity contribution in [3.05, 3.63) is 18.0 Å². The Bertz CT molecular complexity index is 906. The van der Waals surface area contributed by atoms with Crippen molar-refractivity contribution in [2.24, 2.45) is 5.16 Å². The third kappa shape index (κ3) is 2.72. The molecule has 0 saturated heterocycles. The number of nitrogen functional groups attached to an aromatic ring is 1. The highest BCUT2D eigenvalue weighted by Gasteiger charge is 2.50.